The Morgan fingerprint density at radius 1 is 0.614 bits per heavy atom. The Morgan fingerprint density at radius 2 is 1.05 bits per heavy atom. The minimum atomic E-state index is -0.509. The number of rotatable bonds is 13. The van der Waals surface area contributed by atoms with Gasteiger partial charge >= 0.3 is 0 Å². The molecule has 0 bridgehead atoms. The quantitative estimate of drug-likeness (QED) is 0.0295. The summed E-state index contributed by atoms with van der Waals surface area (Å²) >= 11 is 22.5. The number of fused-ring (bicyclic) bond motifs is 3. The molecule has 83 heavy (non-hydrogen) atoms. The molecule has 3 saturated carbocycles. The summed E-state index contributed by atoms with van der Waals surface area (Å²) in [5.41, 5.74) is 29.2. The van der Waals surface area contributed by atoms with Gasteiger partial charge in [0.2, 0.25) is 5.24 Å². The molecular weight excluding hydrogens is 1140 g/mol. The number of piperidine rings is 2. The van der Waals surface area contributed by atoms with Gasteiger partial charge in [0.1, 0.15) is 32.9 Å². The summed E-state index contributed by atoms with van der Waals surface area (Å²) in [6.45, 7) is 12.1. The van der Waals surface area contributed by atoms with Gasteiger partial charge in [0.15, 0.2) is 16.9 Å². The molecule has 0 aromatic carbocycles. The molecule has 2 saturated heterocycles. The Morgan fingerprint density at radius 3 is 1.51 bits per heavy atom. The average Bonchev–Trinajstić information content (AvgIpc) is 4.00. The standard InChI is InChI=1S/C21H34N6O.C14H20ClN5.C8H7Cl2N3.C7H15NO.C6H14N2.C3H3ClO/c1-2-15-14-23-27-20(24-17-8-6-16(22)7-9-17)13-19(25-21(15)27)26-11-4-3-5-18(26)10-12-28;1-2-9-8-17-20-13(7-12(15)19-14(9)20)18-11-5-3-10(16)4-6-11;1-2-5-4-11-13-7(10)3-6(9)12-8(5)13;9-6-4-7-3-1-2-5-8-7;7-5-1-2-6(8)4-3-5;1-2-3(4)5/h13-14,16-18,24,28H,2-12,22H2,1H3;7-8,10-11,18H,2-6,16H2,1H3;3-4H,2H2,1H3;7-9H,1-6H2;5-6H,1-4,7-8H2;2H,1H2/t16?,17?,18-;;;7-;;/m0..0../s1. The predicted octanol–water partition coefficient (Wildman–Crippen LogP) is 9.60. The van der Waals surface area contributed by atoms with E-state index in [-0.39, 0.29) is 6.61 Å². The van der Waals surface area contributed by atoms with Crippen LogP contribution in [0.3, 0.4) is 0 Å². The normalized spacial score (nSPS) is 23.4. The summed E-state index contributed by atoms with van der Waals surface area (Å²) < 4.78 is 5.38. The largest absolute Gasteiger partial charge is 0.396 e. The number of allylic oxidation sites excluding steroid dienone is 1. The van der Waals surface area contributed by atoms with E-state index >= 15 is 0 Å². The third-order valence-corrected chi connectivity index (χ3v) is 17.0. The van der Waals surface area contributed by atoms with Crippen molar-refractivity contribution in [1.29, 1.82) is 0 Å². The van der Waals surface area contributed by atoms with E-state index in [0.29, 0.717) is 70.4 Å². The topological polar surface area (TPSA) is 292 Å². The van der Waals surface area contributed by atoms with Crippen LogP contribution < -0.4 is 43.8 Å². The highest BCUT2D eigenvalue weighted by atomic mass is 35.5. The Balaban J connectivity index is 0.000000175. The minimum absolute atomic E-state index is 0.226. The summed E-state index contributed by atoms with van der Waals surface area (Å²) in [5, 5.41) is 42.7. The molecule has 0 unspecified atom stereocenters. The number of hydrogen-bond acceptors (Lipinski definition) is 17. The van der Waals surface area contributed by atoms with Gasteiger partial charge in [0, 0.05) is 103 Å². The minimum Gasteiger partial charge on any atom is -0.396 e. The van der Waals surface area contributed by atoms with E-state index in [4.69, 9.17) is 79.4 Å². The number of aryl methyl sites for hydroxylation is 3. The second-order valence-electron chi connectivity index (χ2n) is 22.4. The SMILES string of the molecule is C=CC(=O)Cl.CCc1cnn2c(Cl)cc(Cl)nc12.CCc1cnn2c(NC3CCC(N)CC3)cc(Cl)nc12.CCc1cnn2c(NC3CCC(N)CC3)cc(N3CCCC[C@H]3CCO)nc12.NC1CCC(N)CC1.OCC[C@@H]1CCCCN1. The van der Waals surface area contributed by atoms with Gasteiger partial charge in [0.05, 0.1) is 18.6 Å². The highest BCUT2D eigenvalue weighted by molar-refractivity contribution is 6.66. The Kier molecular flexibility index (Phi) is 28.7. The molecule has 460 valence electrons. The van der Waals surface area contributed by atoms with Gasteiger partial charge in [-0.2, -0.15) is 24.3 Å². The van der Waals surface area contributed by atoms with Gasteiger partial charge in [-0.1, -0.05) is 68.6 Å². The van der Waals surface area contributed by atoms with Crippen LogP contribution in [0.2, 0.25) is 15.5 Å². The van der Waals surface area contributed by atoms with Gasteiger partial charge in [-0.3, -0.25) is 4.79 Å². The Bertz CT molecular complexity index is 2860. The van der Waals surface area contributed by atoms with Crippen molar-refractivity contribution in [2.75, 3.05) is 41.8 Å². The van der Waals surface area contributed by atoms with Gasteiger partial charge in [-0.15, -0.1) is 0 Å². The molecule has 2 atom stereocenters. The second-order valence-corrected chi connectivity index (χ2v) is 23.9. The van der Waals surface area contributed by atoms with E-state index in [2.05, 4.69) is 72.6 Å². The monoisotopic (exact) mass is 1230 g/mol. The van der Waals surface area contributed by atoms with Gasteiger partial charge in [-0.05, 0) is 165 Å². The van der Waals surface area contributed by atoms with Crippen LogP contribution in [0.4, 0.5) is 17.5 Å². The number of hydrogen-bond donors (Lipinski definition) is 9. The molecule has 0 spiro atoms. The molecule has 5 fully saturated rings. The van der Waals surface area contributed by atoms with E-state index in [9.17, 15) is 9.90 Å². The molecular formula is C59H93Cl4N17O3. The van der Waals surface area contributed by atoms with Crippen LogP contribution in [-0.4, -0.2) is 134 Å². The lowest BCUT2D eigenvalue weighted by atomic mass is 9.92. The van der Waals surface area contributed by atoms with Crippen molar-refractivity contribution in [3.63, 3.8) is 0 Å². The van der Waals surface area contributed by atoms with E-state index < -0.39 is 5.24 Å². The molecule has 11 rings (SSSR count). The van der Waals surface area contributed by atoms with Crippen molar-refractivity contribution >= 4 is 86.0 Å². The van der Waals surface area contributed by atoms with E-state index in [1.54, 1.807) is 16.8 Å². The number of carbonyl (C=O) groups is 1. The first-order chi connectivity index (χ1) is 40.1. The van der Waals surface area contributed by atoms with Crippen LogP contribution in [0.15, 0.2) is 49.4 Å². The van der Waals surface area contributed by atoms with Crippen molar-refractivity contribution in [3.8, 4) is 0 Å². The van der Waals surface area contributed by atoms with Crippen LogP contribution in [0.1, 0.15) is 166 Å². The number of nitrogens with two attached hydrogens (primary N) is 4. The fourth-order valence-corrected chi connectivity index (χ4v) is 11.8. The zero-order valence-corrected chi connectivity index (χ0v) is 52.1. The molecule has 0 radical (unpaired) electrons. The van der Waals surface area contributed by atoms with Crippen molar-refractivity contribution in [1.82, 2.24) is 49.1 Å². The van der Waals surface area contributed by atoms with E-state index in [0.717, 1.165) is 180 Å². The summed E-state index contributed by atoms with van der Waals surface area (Å²) in [7, 11) is 0. The fraction of sp³-hybridized carbons (Fsp3) is 0.644. The van der Waals surface area contributed by atoms with Gasteiger partial charge in [-0.25, -0.2) is 19.5 Å². The van der Waals surface area contributed by atoms with E-state index in [1.807, 2.05) is 34.4 Å². The number of halogens is 4. The molecule has 24 heteroatoms. The zero-order chi connectivity index (χ0) is 59.8. The maximum Gasteiger partial charge on any atom is 0.244 e. The van der Waals surface area contributed by atoms with Crippen LogP contribution in [0.25, 0.3) is 16.9 Å². The van der Waals surface area contributed by atoms with Crippen LogP contribution >= 0.6 is 46.4 Å². The highest BCUT2D eigenvalue weighted by Gasteiger charge is 2.27. The number of nitrogens with one attached hydrogen (secondary N) is 3. The number of carbonyl (C=O) groups excluding carboxylic acids is 1. The molecule has 2 aliphatic heterocycles. The highest BCUT2D eigenvalue weighted by Crippen LogP contribution is 2.31. The number of aromatic nitrogens is 9. The lowest BCUT2D eigenvalue weighted by Crippen LogP contribution is -2.41. The summed E-state index contributed by atoms with van der Waals surface area (Å²) in [6.07, 6.45) is 31.6. The number of anilines is 3. The Labute approximate surface area is 510 Å². The zero-order valence-electron chi connectivity index (χ0n) is 49.1. The van der Waals surface area contributed by atoms with Crippen LogP contribution in [-0.2, 0) is 24.1 Å². The van der Waals surface area contributed by atoms with Crippen molar-refractivity contribution in [3.05, 3.63) is 81.6 Å². The summed E-state index contributed by atoms with van der Waals surface area (Å²) in [4.78, 5) is 25.4. The second kappa shape index (κ2) is 35.2. The van der Waals surface area contributed by atoms with Crippen molar-refractivity contribution in [2.24, 2.45) is 22.9 Å². The molecule has 0 amide bonds. The predicted molar refractivity (Wildman–Crippen MR) is 339 cm³/mol. The lowest BCUT2D eigenvalue weighted by Gasteiger charge is -2.37. The molecule has 20 nitrogen and oxygen atoms in total. The van der Waals surface area contributed by atoms with Gasteiger partial charge in [0.25, 0.3) is 0 Å². The number of aliphatic hydroxyl groups excluding tert-OH is 2. The molecule has 8 heterocycles. The lowest BCUT2D eigenvalue weighted by molar-refractivity contribution is -0.107. The molecule has 6 aromatic heterocycles. The molecule has 3 aliphatic carbocycles. The van der Waals surface area contributed by atoms with Crippen LogP contribution in [0.5, 0.6) is 0 Å². The number of aliphatic hydroxyl groups is 2. The fourth-order valence-electron chi connectivity index (χ4n) is 11.2. The third-order valence-electron chi connectivity index (χ3n) is 16.2. The summed E-state index contributed by atoms with van der Waals surface area (Å²) in [5.74, 6) is 2.95. The maximum absolute atomic E-state index is 9.51. The van der Waals surface area contributed by atoms with Crippen LogP contribution in [0, 0.1) is 0 Å². The smallest absolute Gasteiger partial charge is 0.244 e. The molecule has 5 aliphatic rings. The first-order valence-corrected chi connectivity index (χ1v) is 31.8. The van der Waals surface area contributed by atoms with Crippen molar-refractivity contribution in [2.45, 2.75) is 217 Å². The first kappa shape index (κ1) is 67.7. The number of nitrogens with zero attached hydrogens (tertiary/aromatic N) is 10. The summed E-state index contributed by atoms with van der Waals surface area (Å²) in [6, 6.07) is 8.98. The average molecular weight is 1230 g/mol. The van der Waals surface area contributed by atoms with Gasteiger partial charge < -0.3 is 54.0 Å². The maximum atomic E-state index is 9.51. The third kappa shape index (κ3) is 20.9. The van der Waals surface area contributed by atoms with E-state index in [1.165, 1.54) is 37.7 Å². The molecule has 6 aromatic rings. The first-order valence-electron chi connectivity index (χ1n) is 30.3. The Hall–Kier alpha value is -4.45. The molecule has 13 N–H and O–H groups in total. The van der Waals surface area contributed by atoms with Crippen molar-refractivity contribution < 1.29 is 15.0 Å².